The molecule has 6 nitrogen and oxygen atoms in total. The average Bonchev–Trinajstić information content (AvgIpc) is 3.28. The van der Waals surface area contributed by atoms with E-state index >= 15 is 0 Å². The molecule has 1 aromatic rings. The number of nitrogen functional groups attached to an aromatic ring is 1. The Bertz CT molecular complexity index is 579. The van der Waals surface area contributed by atoms with Gasteiger partial charge in [0, 0.05) is 12.7 Å². The van der Waals surface area contributed by atoms with Crippen LogP contribution in [0.5, 0.6) is 0 Å². The maximum atomic E-state index is 12.3. The molecule has 0 amide bonds. The van der Waals surface area contributed by atoms with Crippen molar-refractivity contribution in [1.82, 2.24) is 9.71 Å². The third-order valence-corrected chi connectivity index (χ3v) is 5.49. The molecule has 1 aromatic heterocycles. The van der Waals surface area contributed by atoms with Gasteiger partial charge in [0.1, 0.15) is 0 Å². The van der Waals surface area contributed by atoms with Gasteiger partial charge in [-0.2, -0.15) is 0 Å². The number of rotatable bonds is 6. The van der Waals surface area contributed by atoms with Crippen molar-refractivity contribution in [2.45, 2.75) is 30.7 Å². The van der Waals surface area contributed by atoms with E-state index in [1.165, 1.54) is 19.0 Å². The highest BCUT2D eigenvalue weighted by atomic mass is 32.2. The fourth-order valence-corrected chi connectivity index (χ4v) is 3.84. The van der Waals surface area contributed by atoms with E-state index in [2.05, 4.69) is 15.1 Å². The topological polar surface area (TPSA) is 97.1 Å². The zero-order chi connectivity index (χ0) is 13.5. The molecular formula is C12H18N4O2S. The van der Waals surface area contributed by atoms with E-state index in [0.717, 1.165) is 12.8 Å². The second kappa shape index (κ2) is 4.43. The highest BCUT2D eigenvalue weighted by molar-refractivity contribution is 7.89. The van der Waals surface area contributed by atoms with Gasteiger partial charge in [-0.1, -0.05) is 0 Å². The first-order valence-corrected chi connectivity index (χ1v) is 7.97. The van der Waals surface area contributed by atoms with Crippen LogP contribution >= 0.6 is 0 Å². The summed E-state index contributed by atoms with van der Waals surface area (Å²) in [7, 11) is -3.61. The number of nitrogens with zero attached hydrogens (tertiary/aromatic N) is 1. The monoisotopic (exact) mass is 282 g/mol. The summed E-state index contributed by atoms with van der Waals surface area (Å²) < 4.78 is 27.2. The van der Waals surface area contributed by atoms with Crippen molar-refractivity contribution < 1.29 is 8.42 Å². The number of anilines is 1. The lowest BCUT2D eigenvalue weighted by molar-refractivity contribution is 0.431. The van der Waals surface area contributed by atoms with E-state index < -0.39 is 10.0 Å². The van der Waals surface area contributed by atoms with E-state index in [-0.39, 0.29) is 10.4 Å². The van der Waals surface area contributed by atoms with Crippen molar-refractivity contribution in [2.75, 3.05) is 12.0 Å². The van der Waals surface area contributed by atoms with Gasteiger partial charge < -0.3 is 5.43 Å². The number of nitrogens with two attached hydrogens (primary N) is 1. The summed E-state index contributed by atoms with van der Waals surface area (Å²) in [5.41, 5.74) is 2.90. The van der Waals surface area contributed by atoms with Gasteiger partial charge in [-0.3, -0.25) is 5.84 Å². The summed E-state index contributed by atoms with van der Waals surface area (Å²) >= 11 is 0. The molecule has 2 saturated carbocycles. The van der Waals surface area contributed by atoms with E-state index in [9.17, 15) is 8.42 Å². The number of aromatic nitrogens is 1. The molecule has 7 heteroatoms. The fraction of sp³-hybridized carbons (Fsp3) is 0.583. The standard InChI is InChI=1S/C12H18N4O2S/c13-16-10-2-1-7-14-11(10)19(17,18)15-8-12(5-6-12)9-3-4-9/h1-2,7,9,15-16H,3-6,8,13H2. The lowest BCUT2D eigenvalue weighted by Crippen LogP contribution is -2.32. The Labute approximate surface area is 112 Å². The van der Waals surface area contributed by atoms with Crippen molar-refractivity contribution in [1.29, 1.82) is 0 Å². The van der Waals surface area contributed by atoms with Gasteiger partial charge in [0.05, 0.1) is 5.69 Å². The van der Waals surface area contributed by atoms with Crippen LogP contribution in [-0.2, 0) is 10.0 Å². The summed E-state index contributed by atoms with van der Waals surface area (Å²) in [5.74, 6) is 6.03. The van der Waals surface area contributed by atoms with Crippen LogP contribution in [0.4, 0.5) is 5.69 Å². The molecule has 0 aliphatic heterocycles. The molecule has 0 atom stereocenters. The number of nitrogens with one attached hydrogen (secondary N) is 2. The number of hydrogen-bond acceptors (Lipinski definition) is 5. The molecule has 2 aliphatic carbocycles. The molecule has 4 N–H and O–H groups in total. The molecule has 0 unspecified atom stereocenters. The molecule has 2 aliphatic rings. The second-order valence-electron chi connectivity index (χ2n) is 5.46. The SMILES string of the molecule is NNc1cccnc1S(=O)(=O)NCC1(C2CC2)CC1. The molecule has 0 bridgehead atoms. The third-order valence-electron chi connectivity index (χ3n) is 4.13. The van der Waals surface area contributed by atoms with Crippen molar-refractivity contribution in [2.24, 2.45) is 17.2 Å². The molecule has 0 aromatic carbocycles. The highest BCUT2D eigenvalue weighted by Gasteiger charge is 2.53. The van der Waals surface area contributed by atoms with Crippen molar-refractivity contribution in [3.05, 3.63) is 18.3 Å². The minimum Gasteiger partial charge on any atom is -0.321 e. The molecule has 1 heterocycles. The number of hydrogen-bond donors (Lipinski definition) is 3. The Morgan fingerprint density at radius 3 is 2.74 bits per heavy atom. The minimum absolute atomic E-state index is 0.0379. The molecule has 104 valence electrons. The van der Waals surface area contributed by atoms with Crippen LogP contribution in [-0.4, -0.2) is 19.9 Å². The van der Waals surface area contributed by atoms with Crippen LogP contribution in [0.3, 0.4) is 0 Å². The van der Waals surface area contributed by atoms with Crippen molar-refractivity contribution in [3.63, 3.8) is 0 Å². The fourth-order valence-electron chi connectivity index (χ4n) is 2.61. The zero-order valence-electron chi connectivity index (χ0n) is 10.6. The zero-order valence-corrected chi connectivity index (χ0v) is 11.4. The predicted octanol–water partition coefficient (Wildman–Crippen LogP) is 0.836. The van der Waals surface area contributed by atoms with Gasteiger partial charge in [-0.05, 0) is 49.1 Å². The van der Waals surface area contributed by atoms with Gasteiger partial charge in [0.15, 0.2) is 5.03 Å². The van der Waals surface area contributed by atoms with Crippen LogP contribution in [0.25, 0.3) is 0 Å². The first-order chi connectivity index (χ1) is 9.07. The quantitative estimate of drug-likeness (QED) is 0.530. The average molecular weight is 282 g/mol. The lowest BCUT2D eigenvalue weighted by Gasteiger charge is -2.15. The van der Waals surface area contributed by atoms with Crippen LogP contribution in [0, 0.1) is 11.3 Å². The van der Waals surface area contributed by atoms with Gasteiger partial charge in [0.2, 0.25) is 0 Å². The first kappa shape index (κ1) is 12.8. The van der Waals surface area contributed by atoms with Gasteiger partial charge in [-0.25, -0.2) is 18.1 Å². The first-order valence-electron chi connectivity index (χ1n) is 6.49. The van der Waals surface area contributed by atoms with E-state index in [1.54, 1.807) is 12.1 Å². The predicted molar refractivity (Wildman–Crippen MR) is 71.6 cm³/mol. The van der Waals surface area contributed by atoms with Gasteiger partial charge >= 0.3 is 0 Å². The van der Waals surface area contributed by atoms with Crippen molar-refractivity contribution in [3.8, 4) is 0 Å². The van der Waals surface area contributed by atoms with Crippen LogP contribution < -0.4 is 16.0 Å². The largest absolute Gasteiger partial charge is 0.321 e. The Balaban J connectivity index is 1.75. The highest BCUT2D eigenvalue weighted by Crippen LogP contribution is 2.60. The van der Waals surface area contributed by atoms with Crippen LogP contribution in [0.2, 0.25) is 0 Å². The van der Waals surface area contributed by atoms with Crippen LogP contribution in [0.15, 0.2) is 23.4 Å². The maximum Gasteiger partial charge on any atom is 0.260 e. The molecule has 0 spiro atoms. The Hall–Kier alpha value is -1.18. The number of sulfonamides is 1. The summed E-state index contributed by atoms with van der Waals surface area (Å²) in [6.07, 6.45) is 6.18. The summed E-state index contributed by atoms with van der Waals surface area (Å²) in [5, 5.41) is -0.0379. The van der Waals surface area contributed by atoms with Gasteiger partial charge in [0.25, 0.3) is 10.0 Å². The molecule has 19 heavy (non-hydrogen) atoms. The molecule has 3 rings (SSSR count). The smallest absolute Gasteiger partial charge is 0.260 e. The minimum atomic E-state index is -3.61. The molecule has 0 radical (unpaired) electrons. The van der Waals surface area contributed by atoms with Gasteiger partial charge in [-0.15, -0.1) is 0 Å². The Kier molecular flexibility index (Phi) is 2.99. The third kappa shape index (κ3) is 2.45. The Morgan fingerprint density at radius 1 is 1.42 bits per heavy atom. The molecular weight excluding hydrogens is 264 g/mol. The van der Waals surface area contributed by atoms with E-state index in [0.29, 0.717) is 18.2 Å². The second-order valence-corrected chi connectivity index (χ2v) is 7.14. The lowest BCUT2D eigenvalue weighted by atomic mass is 10.0. The van der Waals surface area contributed by atoms with Crippen LogP contribution in [0.1, 0.15) is 25.7 Å². The molecule has 2 fully saturated rings. The summed E-state index contributed by atoms with van der Waals surface area (Å²) in [6, 6.07) is 3.23. The Morgan fingerprint density at radius 2 is 2.16 bits per heavy atom. The number of pyridine rings is 1. The summed E-state index contributed by atoms with van der Waals surface area (Å²) in [6.45, 7) is 0.514. The summed E-state index contributed by atoms with van der Waals surface area (Å²) in [4.78, 5) is 3.91. The maximum absolute atomic E-state index is 12.3. The van der Waals surface area contributed by atoms with E-state index in [4.69, 9.17) is 5.84 Å². The molecule has 0 saturated heterocycles. The normalized spacial score (nSPS) is 21.1. The van der Waals surface area contributed by atoms with Crippen molar-refractivity contribution >= 4 is 15.7 Å². The van der Waals surface area contributed by atoms with E-state index in [1.807, 2.05) is 0 Å². The number of hydrazine groups is 1.